The van der Waals surface area contributed by atoms with Gasteiger partial charge in [0.15, 0.2) is 0 Å². The minimum absolute atomic E-state index is 0.0847. The van der Waals surface area contributed by atoms with E-state index in [0.717, 1.165) is 10.4 Å². The van der Waals surface area contributed by atoms with Crippen LogP contribution < -0.4 is 5.32 Å². The Morgan fingerprint density at radius 1 is 1.25 bits per heavy atom. The van der Waals surface area contributed by atoms with Gasteiger partial charge in [-0.05, 0) is 29.1 Å². The number of nitrogens with zero attached hydrogens (tertiary/aromatic N) is 1. The summed E-state index contributed by atoms with van der Waals surface area (Å²) >= 11 is 1.48. The number of rotatable bonds is 7. The maximum atomic E-state index is 12.4. The highest BCUT2D eigenvalue weighted by molar-refractivity contribution is 7.10. The molecule has 126 valence electrons. The summed E-state index contributed by atoms with van der Waals surface area (Å²) in [7, 11) is 2.79. The molecule has 0 fully saturated rings. The van der Waals surface area contributed by atoms with Crippen molar-refractivity contribution in [2.45, 2.75) is 12.5 Å². The zero-order chi connectivity index (χ0) is 17.4. The van der Waals surface area contributed by atoms with Gasteiger partial charge in [-0.2, -0.15) is 0 Å². The van der Waals surface area contributed by atoms with Crippen LogP contribution >= 0.6 is 11.3 Å². The Kier molecular flexibility index (Phi) is 6.51. The Balaban J connectivity index is 2.09. The van der Waals surface area contributed by atoms with E-state index in [1.54, 1.807) is 30.5 Å². The number of amides is 1. The van der Waals surface area contributed by atoms with Gasteiger partial charge in [-0.3, -0.25) is 9.59 Å². The summed E-state index contributed by atoms with van der Waals surface area (Å²) in [6, 6.07) is 10.2. The minimum Gasteiger partial charge on any atom is -0.469 e. The summed E-state index contributed by atoms with van der Waals surface area (Å²) in [5, 5.41) is 8.44. The molecule has 0 aliphatic rings. The van der Waals surface area contributed by atoms with Gasteiger partial charge in [0.05, 0.1) is 25.8 Å². The quantitative estimate of drug-likeness (QED) is 0.475. The first-order valence-corrected chi connectivity index (χ1v) is 8.09. The molecule has 1 aromatic heterocycles. The monoisotopic (exact) mass is 346 g/mol. The highest BCUT2D eigenvalue weighted by atomic mass is 32.1. The van der Waals surface area contributed by atoms with E-state index in [4.69, 9.17) is 4.74 Å². The third kappa shape index (κ3) is 4.92. The molecule has 1 N–H and O–H groups in total. The van der Waals surface area contributed by atoms with Gasteiger partial charge in [0.25, 0.3) is 5.91 Å². The third-order valence-electron chi connectivity index (χ3n) is 3.27. The summed E-state index contributed by atoms with van der Waals surface area (Å²) in [5.41, 5.74) is 1.31. The van der Waals surface area contributed by atoms with Crippen molar-refractivity contribution < 1.29 is 19.2 Å². The van der Waals surface area contributed by atoms with Crippen LogP contribution in [0, 0.1) is 0 Å². The Morgan fingerprint density at radius 3 is 2.58 bits per heavy atom. The van der Waals surface area contributed by atoms with E-state index < -0.39 is 6.04 Å². The maximum Gasteiger partial charge on any atom is 0.307 e. The second-order valence-electron chi connectivity index (χ2n) is 4.86. The Morgan fingerprint density at radius 2 is 2.00 bits per heavy atom. The molecule has 24 heavy (non-hydrogen) atoms. The lowest BCUT2D eigenvalue weighted by Gasteiger charge is -2.16. The van der Waals surface area contributed by atoms with Crippen LogP contribution in [0.4, 0.5) is 0 Å². The van der Waals surface area contributed by atoms with Gasteiger partial charge in [0, 0.05) is 10.4 Å². The van der Waals surface area contributed by atoms with Crippen molar-refractivity contribution in [3.63, 3.8) is 0 Å². The molecule has 1 unspecified atom stereocenters. The first-order chi connectivity index (χ1) is 11.6. The molecular formula is C17H18N2O4S. The average Bonchev–Trinajstić information content (AvgIpc) is 3.14. The van der Waals surface area contributed by atoms with Gasteiger partial charge < -0.3 is 14.9 Å². The molecule has 0 saturated carbocycles. The first kappa shape index (κ1) is 17.7. The predicted molar refractivity (Wildman–Crippen MR) is 92.2 cm³/mol. The van der Waals surface area contributed by atoms with Gasteiger partial charge >= 0.3 is 5.97 Å². The summed E-state index contributed by atoms with van der Waals surface area (Å²) in [4.78, 5) is 29.5. The largest absolute Gasteiger partial charge is 0.469 e. The smallest absolute Gasteiger partial charge is 0.307 e. The van der Waals surface area contributed by atoms with Crippen LogP contribution in [0.15, 0.2) is 46.9 Å². The number of esters is 1. The summed E-state index contributed by atoms with van der Waals surface area (Å²) < 4.78 is 4.71. The number of hydrogen-bond donors (Lipinski definition) is 1. The minimum atomic E-state index is -0.417. The fourth-order valence-corrected chi connectivity index (χ4v) is 2.82. The molecule has 1 atom stereocenters. The molecule has 1 amide bonds. The second kappa shape index (κ2) is 8.83. The number of thiophene rings is 1. The van der Waals surface area contributed by atoms with Crippen LogP contribution in [0.5, 0.6) is 0 Å². The van der Waals surface area contributed by atoms with E-state index in [1.807, 2.05) is 17.5 Å². The van der Waals surface area contributed by atoms with Crippen LogP contribution in [-0.4, -0.2) is 32.3 Å². The number of carbonyl (C=O) groups excluding carboxylic acids is 2. The van der Waals surface area contributed by atoms with Gasteiger partial charge in [-0.1, -0.05) is 23.4 Å². The molecule has 1 aromatic carbocycles. The molecule has 0 aliphatic heterocycles. The fourth-order valence-electron chi connectivity index (χ4n) is 2.04. The molecule has 0 spiro atoms. The van der Waals surface area contributed by atoms with Crippen molar-refractivity contribution in [1.82, 2.24) is 5.32 Å². The van der Waals surface area contributed by atoms with E-state index >= 15 is 0 Å². The summed E-state index contributed by atoms with van der Waals surface area (Å²) in [6.45, 7) is 0. The van der Waals surface area contributed by atoms with Crippen molar-refractivity contribution in [2.24, 2.45) is 5.16 Å². The molecular weight excluding hydrogens is 328 g/mol. The van der Waals surface area contributed by atoms with Gasteiger partial charge in [0.1, 0.15) is 7.11 Å². The molecule has 0 saturated heterocycles. The topological polar surface area (TPSA) is 77.0 Å². The van der Waals surface area contributed by atoms with Crippen molar-refractivity contribution in [2.75, 3.05) is 14.2 Å². The lowest BCUT2D eigenvalue weighted by molar-refractivity contribution is -0.141. The van der Waals surface area contributed by atoms with Crippen molar-refractivity contribution in [3.8, 4) is 0 Å². The van der Waals surface area contributed by atoms with Crippen LogP contribution in [0.1, 0.15) is 33.3 Å². The zero-order valence-corrected chi connectivity index (χ0v) is 14.2. The maximum absolute atomic E-state index is 12.4. The normalized spacial score (nSPS) is 11.9. The number of methoxy groups -OCH3 is 1. The van der Waals surface area contributed by atoms with Crippen LogP contribution in [-0.2, 0) is 14.4 Å². The lowest BCUT2D eigenvalue weighted by Crippen LogP contribution is -2.30. The third-order valence-corrected chi connectivity index (χ3v) is 4.26. The number of ether oxygens (including phenoxy) is 1. The van der Waals surface area contributed by atoms with E-state index in [1.165, 1.54) is 25.6 Å². The molecule has 1 heterocycles. The Labute approximate surface area is 144 Å². The van der Waals surface area contributed by atoms with E-state index in [2.05, 4.69) is 15.3 Å². The van der Waals surface area contributed by atoms with Gasteiger partial charge in [-0.15, -0.1) is 11.3 Å². The number of hydrogen-bond acceptors (Lipinski definition) is 6. The average molecular weight is 346 g/mol. The first-order valence-electron chi connectivity index (χ1n) is 7.21. The Hall–Kier alpha value is -2.67. The standard InChI is InChI=1S/C17H18N2O4S/c1-22-16(20)10-14(15-4-3-9-24-15)19-17(21)13-7-5-12(6-8-13)11-18-23-2/h3-9,11,14H,10H2,1-2H3,(H,19,21)/b18-11+. The number of nitrogens with one attached hydrogen (secondary N) is 1. The van der Waals surface area contributed by atoms with E-state index in [-0.39, 0.29) is 18.3 Å². The van der Waals surface area contributed by atoms with Gasteiger partial charge in [-0.25, -0.2) is 0 Å². The second-order valence-corrected chi connectivity index (χ2v) is 5.84. The fraction of sp³-hybridized carbons (Fsp3) is 0.235. The Bertz CT molecular complexity index is 696. The molecule has 2 aromatic rings. The van der Waals surface area contributed by atoms with E-state index in [0.29, 0.717) is 5.56 Å². The zero-order valence-electron chi connectivity index (χ0n) is 13.4. The molecule has 0 radical (unpaired) electrons. The number of carbonyl (C=O) groups is 2. The summed E-state index contributed by atoms with van der Waals surface area (Å²) in [5.74, 6) is -0.632. The lowest BCUT2D eigenvalue weighted by atomic mass is 10.1. The molecule has 6 nitrogen and oxygen atoms in total. The molecule has 2 rings (SSSR count). The van der Waals surface area contributed by atoms with Crippen molar-refractivity contribution >= 4 is 29.4 Å². The van der Waals surface area contributed by atoms with Crippen molar-refractivity contribution in [3.05, 3.63) is 57.8 Å². The van der Waals surface area contributed by atoms with Crippen molar-refractivity contribution in [1.29, 1.82) is 0 Å². The highest BCUT2D eigenvalue weighted by Gasteiger charge is 2.20. The van der Waals surface area contributed by atoms with Crippen LogP contribution in [0.2, 0.25) is 0 Å². The number of oxime groups is 1. The molecule has 0 bridgehead atoms. The van der Waals surface area contributed by atoms with Crippen LogP contribution in [0.3, 0.4) is 0 Å². The van der Waals surface area contributed by atoms with Gasteiger partial charge in [0.2, 0.25) is 0 Å². The molecule has 0 aliphatic carbocycles. The number of benzene rings is 1. The van der Waals surface area contributed by atoms with E-state index in [9.17, 15) is 9.59 Å². The highest BCUT2D eigenvalue weighted by Crippen LogP contribution is 2.23. The van der Waals surface area contributed by atoms with Crippen LogP contribution in [0.25, 0.3) is 0 Å². The summed E-state index contributed by atoms with van der Waals surface area (Å²) in [6.07, 6.45) is 1.63. The molecule has 7 heteroatoms. The SMILES string of the molecule is CO/N=C/c1ccc(C(=O)NC(CC(=O)OC)c2cccs2)cc1. The predicted octanol–water partition coefficient (Wildman–Crippen LogP) is 2.76.